The lowest BCUT2D eigenvalue weighted by atomic mass is 9.97. The van der Waals surface area contributed by atoms with Crippen molar-refractivity contribution in [1.82, 2.24) is 9.13 Å². The lowest BCUT2D eigenvalue weighted by molar-refractivity contribution is 0.669. The molecule has 0 aliphatic carbocycles. The first-order chi connectivity index (χ1) is 27.7. The minimum Gasteiger partial charge on any atom is -0.456 e. The van der Waals surface area contributed by atoms with Crippen LogP contribution in [0.5, 0.6) is 0 Å². The molecule has 6 heteroatoms. The van der Waals surface area contributed by atoms with Crippen molar-refractivity contribution < 1.29 is 8.83 Å². The van der Waals surface area contributed by atoms with Gasteiger partial charge >= 0.3 is 0 Å². The lowest BCUT2D eigenvalue weighted by Crippen LogP contribution is -2.06. The van der Waals surface area contributed by atoms with E-state index in [1.54, 1.807) is 0 Å². The Morgan fingerprint density at radius 2 is 1.05 bits per heavy atom. The van der Waals surface area contributed by atoms with E-state index in [0.717, 1.165) is 110 Å². The number of nitrogens with zero attached hydrogens (tertiary/aromatic N) is 4. The van der Waals surface area contributed by atoms with Crippen molar-refractivity contribution in [1.29, 1.82) is 5.26 Å². The molecule has 258 valence electrons. The Morgan fingerprint density at radius 3 is 1.66 bits per heavy atom. The molecule has 4 aromatic heterocycles. The minimum atomic E-state index is 0.496. The third kappa shape index (κ3) is 3.97. The van der Waals surface area contributed by atoms with Gasteiger partial charge in [-0.3, -0.25) is 0 Å². The first-order valence-corrected chi connectivity index (χ1v) is 18.4. The predicted octanol–water partition coefficient (Wildman–Crippen LogP) is 13.8. The molecule has 0 amide bonds. The Morgan fingerprint density at radius 1 is 0.500 bits per heavy atom. The van der Waals surface area contributed by atoms with Gasteiger partial charge in [0.2, 0.25) is 0 Å². The maximum Gasteiger partial charge on any atom is 0.187 e. The van der Waals surface area contributed by atoms with Gasteiger partial charge in [-0.05, 0) is 66.2 Å². The summed E-state index contributed by atoms with van der Waals surface area (Å²) in [6, 6.07) is 55.9. The number of aromatic nitrogens is 2. The molecule has 0 saturated heterocycles. The Balaban J connectivity index is 1.32. The fourth-order valence-corrected chi connectivity index (χ4v) is 9.10. The highest BCUT2D eigenvalue weighted by Gasteiger charge is 2.27. The normalized spacial score (nSPS) is 11.9. The van der Waals surface area contributed by atoms with E-state index in [1.165, 1.54) is 0 Å². The smallest absolute Gasteiger partial charge is 0.187 e. The molecule has 12 aromatic rings. The Labute approximate surface area is 318 Å². The molecule has 8 aromatic carbocycles. The number of furan rings is 2. The summed E-state index contributed by atoms with van der Waals surface area (Å²) in [6.07, 6.45) is 0. The van der Waals surface area contributed by atoms with Gasteiger partial charge in [-0.15, -0.1) is 0 Å². The number of rotatable bonds is 3. The quantitative estimate of drug-likeness (QED) is 0.171. The van der Waals surface area contributed by atoms with E-state index < -0.39 is 0 Å². The second-order valence-corrected chi connectivity index (χ2v) is 14.2. The van der Waals surface area contributed by atoms with Crippen LogP contribution in [0.25, 0.3) is 115 Å². The van der Waals surface area contributed by atoms with Gasteiger partial charge in [0.1, 0.15) is 34.0 Å². The van der Waals surface area contributed by atoms with Gasteiger partial charge in [-0.1, -0.05) is 97.1 Å². The van der Waals surface area contributed by atoms with Crippen molar-refractivity contribution in [3.05, 3.63) is 175 Å². The number of nitriles is 1. The summed E-state index contributed by atoms with van der Waals surface area (Å²) in [4.78, 5) is 3.79. The summed E-state index contributed by atoms with van der Waals surface area (Å²) in [7, 11) is 0. The summed E-state index contributed by atoms with van der Waals surface area (Å²) >= 11 is 0. The second-order valence-electron chi connectivity index (χ2n) is 14.2. The molecule has 0 aliphatic rings. The van der Waals surface area contributed by atoms with Gasteiger partial charge in [0.25, 0.3) is 0 Å². The van der Waals surface area contributed by atoms with Gasteiger partial charge < -0.3 is 18.0 Å². The van der Waals surface area contributed by atoms with Gasteiger partial charge in [-0.25, -0.2) is 4.85 Å². The van der Waals surface area contributed by atoms with Gasteiger partial charge in [0.05, 0.1) is 50.8 Å². The van der Waals surface area contributed by atoms with Crippen LogP contribution < -0.4 is 0 Å². The Kier molecular flexibility index (Phi) is 6.10. The molecule has 0 fully saturated rings. The fourth-order valence-electron chi connectivity index (χ4n) is 9.10. The average Bonchev–Trinajstić information content (AvgIpc) is 4.00. The first-order valence-electron chi connectivity index (χ1n) is 18.4. The topological polar surface area (TPSA) is 64.3 Å². The van der Waals surface area contributed by atoms with Crippen LogP contribution in [-0.2, 0) is 0 Å². The largest absolute Gasteiger partial charge is 0.456 e. The summed E-state index contributed by atoms with van der Waals surface area (Å²) in [5.41, 5.74) is 11.2. The molecule has 12 rings (SSSR count). The van der Waals surface area contributed by atoms with Crippen LogP contribution in [0.3, 0.4) is 0 Å². The van der Waals surface area contributed by atoms with Crippen LogP contribution in [0.1, 0.15) is 5.56 Å². The van der Waals surface area contributed by atoms with Crippen LogP contribution in [0.4, 0.5) is 5.69 Å². The predicted molar refractivity (Wildman–Crippen MR) is 226 cm³/mol. The zero-order valence-corrected chi connectivity index (χ0v) is 29.6. The molecule has 4 heterocycles. The first kappa shape index (κ1) is 30.4. The highest BCUT2D eigenvalue weighted by atomic mass is 16.3. The fraction of sp³-hybridized carbons (Fsp3) is 0. The second kappa shape index (κ2) is 11.2. The Hall–Kier alpha value is -8.06. The lowest BCUT2D eigenvalue weighted by Gasteiger charge is -2.20. The molecule has 0 bridgehead atoms. The Bertz CT molecular complexity index is 3750. The standard InChI is InChI=1S/C50H26N4O2/c1-52-30-12-10-11-29(27-30)31-21-24-41(53-39-17-6-2-13-32(39)34-22-25-44-46(49(34)53)36-15-4-8-19-42(36)55-44)38(28-51)48(31)54-40-18-7-3-14-33(40)35-23-26-45-47(50(35)54)37-16-5-9-20-43(37)56-45/h2-27H. The molecule has 0 unspecified atom stereocenters. The third-order valence-corrected chi connectivity index (χ3v) is 11.4. The molecule has 0 spiro atoms. The number of benzene rings is 8. The highest BCUT2D eigenvalue weighted by molar-refractivity contribution is 6.26. The van der Waals surface area contributed by atoms with E-state index in [0.29, 0.717) is 11.3 Å². The summed E-state index contributed by atoms with van der Waals surface area (Å²) in [5, 5.41) is 19.9. The zero-order valence-electron chi connectivity index (χ0n) is 29.6. The minimum absolute atomic E-state index is 0.496. The maximum atomic E-state index is 11.7. The monoisotopic (exact) mass is 714 g/mol. The van der Waals surface area contributed by atoms with Crippen LogP contribution in [0, 0.1) is 17.9 Å². The number of hydrogen-bond acceptors (Lipinski definition) is 3. The van der Waals surface area contributed by atoms with E-state index in [4.69, 9.17) is 15.4 Å². The van der Waals surface area contributed by atoms with Gasteiger partial charge in [-0.2, -0.15) is 5.26 Å². The van der Waals surface area contributed by atoms with E-state index in [2.05, 4.69) is 105 Å². The van der Waals surface area contributed by atoms with E-state index in [1.807, 2.05) is 72.8 Å². The van der Waals surface area contributed by atoms with Crippen molar-refractivity contribution in [2.24, 2.45) is 0 Å². The van der Waals surface area contributed by atoms with E-state index in [9.17, 15) is 5.26 Å². The molecular weight excluding hydrogens is 689 g/mol. The molecule has 6 nitrogen and oxygen atoms in total. The van der Waals surface area contributed by atoms with Gasteiger partial charge in [0, 0.05) is 37.9 Å². The zero-order chi connectivity index (χ0) is 37.1. The van der Waals surface area contributed by atoms with Crippen LogP contribution in [0.2, 0.25) is 0 Å². The van der Waals surface area contributed by atoms with Gasteiger partial charge in [0.15, 0.2) is 5.69 Å². The molecule has 56 heavy (non-hydrogen) atoms. The van der Waals surface area contributed by atoms with Crippen molar-refractivity contribution in [3.63, 3.8) is 0 Å². The molecule has 0 N–H and O–H groups in total. The molecule has 0 aliphatic heterocycles. The van der Waals surface area contributed by atoms with Crippen LogP contribution in [0.15, 0.2) is 167 Å². The molecule has 0 radical (unpaired) electrons. The SMILES string of the molecule is [C-]#[N+]c1cccc(-c2ccc(-n3c4ccccc4c4ccc5oc6ccccc6c5c43)c(C#N)c2-n2c3ccccc3c3ccc4oc5ccccc5c4c32)c1. The summed E-state index contributed by atoms with van der Waals surface area (Å²) < 4.78 is 17.4. The highest BCUT2D eigenvalue weighted by Crippen LogP contribution is 2.47. The van der Waals surface area contributed by atoms with Crippen LogP contribution >= 0.6 is 0 Å². The molecule has 0 saturated carbocycles. The number of hydrogen-bond donors (Lipinski definition) is 0. The van der Waals surface area contributed by atoms with Crippen molar-refractivity contribution in [2.45, 2.75) is 0 Å². The van der Waals surface area contributed by atoms with Crippen molar-refractivity contribution in [3.8, 4) is 28.6 Å². The van der Waals surface area contributed by atoms with E-state index in [-0.39, 0.29) is 0 Å². The summed E-state index contributed by atoms with van der Waals surface area (Å²) in [6.45, 7) is 7.88. The van der Waals surface area contributed by atoms with E-state index >= 15 is 0 Å². The van der Waals surface area contributed by atoms with Crippen molar-refractivity contribution in [2.75, 3.05) is 0 Å². The van der Waals surface area contributed by atoms with Crippen LogP contribution in [-0.4, -0.2) is 9.13 Å². The number of fused-ring (bicyclic) bond motifs is 14. The third-order valence-electron chi connectivity index (χ3n) is 11.4. The summed E-state index contributed by atoms with van der Waals surface area (Å²) in [5.74, 6) is 0. The molecular formula is C50H26N4O2. The maximum absolute atomic E-state index is 11.7. The van der Waals surface area contributed by atoms with Crippen molar-refractivity contribution >= 4 is 93.2 Å². The number of para-hydroxylation sites is 4. The average molecular weight is 715 g/mol. The molecule has 0 atom stereocenters.